The monoisotopic (exact) mass is 394 g/mol. The molecule has 1 aliphatic heterocycles. The Labute approximate surface area is 171 Å². The SMILES string of the molecule is O=C(NCCc1ccc(F)cc1)C1CCCCC1C(=O)N1CCc2ccccc21. The Hall–Kier alpha value is -2.69. The number of benzene rings is 2. The third kappa shape index (κ3) is 4.34. The number of halogens is 1. The molecule has 152 valence electrons. The Bertz CT molecular complexity index is 881. The molecule has 0 saturated heterocycles. The number of carbonyl (C=O) groups excluding carboxylic acids is 2. The Kier molecular flexibility index (Phi) is 5.93. The highest BCUT2D eigenvalue weighted by Gasteiger charge is 2.39. The molecule has 0 spiro atoms. The van der Waals surface area contributed by atoms with E-state index in [0.717, 1.165) is 43.4 Å². The molecule has 1 N–H and O–H groups in total. The van der Waals surface area contributed by atoms with E-state index in [1.807, 2.05) is 23.1 Å². The van der Waals surface area contributed by atoms with Gasteiger partial charge in [-0.05, 0) is 55.0 Å². The fourth-order valence-electron chi connectivity index (χ4n) is 4.62. The zero-order valence-corrected chi connectivity index (χ0v) is 16.6. The van der Waals surface area contributed by atoms with Crippen molar-refractivity contribution in [2.75, 3.05) is 18.0 Å². The molecular weight excluding hydrogens is 367 g/mol. The quantitative estimate of drug-likeness (QED) is 0.837. The van der Waals surface area contributed by atoms with Crippen LogP contribution in [-0.4, -0.2) is 24.9 Å². The van der Waals surface area contributed by atoms with Crippen molar-refractivity contribution in [1.29, 1.82) is 0 Å². The molecule has 0 bridgehead atoms. The van der Waals surface area contributed by atoms with E-state index in [2.05, 4.69) is 11.4 Å². The highest BCUT2D eigenvalue weighted by atomic mass is 19.1. The fourth-order valence-corrected chi connectivity index (χ4v) is 4.62. The number of nitrogens with one attached hydrogen (secondary N) is 1. The normalized spacial score (nSPS) is 20.9. The van der Waals surface area contributed by atoms with Gasteiger partial charge in [-0.3, -0.25) is 9.59 Å². The molecule has 2 atom stereocenters. The molecule has 2 aliphatic rings. The van der Waals surface area contributed by atoms with Crippen LogP contribution < -0.4 is 10.2 Å². The molecule has 2 unspecified atom stereocenters. The van der Waals surface area contributed by atoms with Gasteiger partial charge in [0, 0.05) is 24.7 Å². The van der Waals surface area contributed by atoms with Crippen LogP contribution in [0.1, 0.15) is 36.8 Å². The van der Waals surface area contributed by atoms with Crippen molar-refractivity contribution in [3.63, 3.8) is 0 Å². The second kappa shape index (κ2) is 8.76. The van der Waals surface area contributed by atoms with E-state index in [-0.39, 0.29) is 29.5 Å². The van der Waals surface area contributed by atoms with Gasteiger partial charge in [0.2, 0.25) is 11.8 Å². The summed E-state index contributed by atoms with van der Waals surface area (Å²) in [4.78, 5) is 28.1. The summed E-state index contributed by atoms with van der Waals surface area (Å²) in [5.41, 5.74) is 3.19. The highest BCUT2D eigenvalue weighted by molar-refractivity contribution is 5.99. The van der Waals surface area contributed by atoms with Crippen LogP contribution in [-0.2, 0) is 22.4 Å². The van der Waals surface area contributed by atoms with Gasteiger partial charge in [0.25, 0.3) is 0 Å². The summed E-state index contributed by atoms with van der Waals surface area (Å²) in [6, 6.07) is 14.4. The van der Waals surface area contributed by atoms with Crippen molar-refractivity contribution >= 4 is 17.5 Å². The Balaban J connectivity index is 1.38. The van der Waals surface area contributed by atoms with E-state index in [9.17, 15) is 14.0 Å². The third-order valence-electron chi connectivity index (χ3n) is 6.20. The Morgan fingerprint density at radius 3 is 2.52 bits per heavy atom. The molecule has 2 aromatic rings. The molecule has 4 nitrogen and oxygen atoms in total. The summed E-state index contributed by atoms with van der Waals surface area (Å²) < 4.78 is 13.0. The largest absolute Gasteiger partial charge is 0.356 e. The van der Waals surface area contributed by atoms with Gasteiger partial charge in [-0.25, -0.2) is 4.39 Å². The van der Waals surface area contributed by atoms with E-state index in [1.165, 1.54) is 17.7 Å². The van der Waals surface area contributed by atoms with Crippen LogP contribution in [0.5, 0.6) is 0 Å². The number of para-hydroxylation sites is 1. The van der Waals surface area contributed by atoms with Crippen LogP contribution in [0.2, 0.25) is 0 Å². The van der Waals surface area contributed by atoms with Crippen LogP contribution in [0.4, 0.5) is 10.1 Å². The zero-order chi connectivity index (χ0) is 20.2. The van der Waals surface area contributed by atoms with Gasteiger partial charge in [0.15, 0.2) is 0 Å². The lowest BCUT2D eigenvalue weighted by atomic mass is 9.77. The average Bonchev–Trinajstić information content (AvgIpc) is 3.19. The maximum Gasteiger partial charge on any atom is 0.230 e. The topological polar surface area (TPSA) is 49.4 Å². The zero-order valence-electron chi connectivity index (χ0n) is 16.6. The fraction of sp³-hybridized carbons (Fsp3) is 0.417. The number of fused-ring (bicyclic) bond motifs is 1. The van der Waals surface area contributed by atoms with Gasteiger partial charge in [-0.15, -0.1) is 0 Å². The summed E-state index contributed by atoms with van der Waals surface area (Å²) in [5, 5.41) is 3.01. The smallest absolute Gasteiger partial charge is 0.230 e. The minimum Gasteiger partial charge on any atom is -0.356 e. The van der Waals surface area contributed by atoms with Crippen molar-refractivity contribution in [3.05, 3.63) is 65.5 Å². The average molecular weight is 394 g/mol. The van der Waals surface area contributed by atoms with Gasteiger partial charge < -0.3 is 10.2 Å². The van der Waals surface area contributed by atoms with Crippen molar-refractivity contribution < 1.29 is 14.0 Å². The third-order valence-corrected chi connectivity index (χ3v) is 6.20. The molecule has 1 fully saturated rings. The minimum absolute atomic E-state index is 0.0300. The van der Waals surface area contributed by atoms with Gasteiger partial charge in [0.05, 0.1) is 5.92 Å². The van der Waals surface area contributed by atoms with E-state index in [0.29, 0.717) is 19.5 Å². The number of hydrogen-bond donors (Lipinski definition) is 1. The molecule has 2 amide bonds. The molecule has 1 heterocycles. The number of nitrogens with zero attached hydrogens (tertiary/aromatic N) is 1. The first kappa shape index (κ1) is 19.6. The van der Waals surface area contributed by atoms with Crippen LogP contribution in [0, 0.1) is 17.7 Å². The minimum atomic E-state index is -0.266. The number of amides is 2. The van der Waals surface area contributed by atoms with E-state index in [4.69, 9.17) is 0 Å². The summed E-state index contributed by atoms with van der Waals surface area (Å²) in [5.74, 6) is -0.714. The molecule has 1 aliphatic carbocycles. The molecule has 0 radical (unpaired) electrons. The Morgan fingerprint density at radius 2 is 1.72 bits per heavy atom. The summed E-state index contributed by atoms with van der Waals surface area (Å²) in [7, 11) is 0. The lowest BCUT2D eigenvalue weighted by Gasteiger charge is -2.32. The maximum absolute atomic E-state index is 13.3. The predicted octanol–water partition coefficient (Wildman–Crippen LogP) is 3.88. The molecule has 29 heavy (non-hydrogen) atoms. The van der Waals surface area contributed by atoms with Gasteiger partial charge in [-0.1, -0.05) is 43.2 Å². The standard InChI is InChI=1S/C24H27FN2O2/c25-19-11-9-17(10-12-19)13-15-26-23(28)20-6-2-3-7-21(20)24(29)27-16-14-18-5-1-4-8-22(18)27/h1,4-5,8-12,20-21H,2-3,6-7,13-16H2,(H,26,28). The molecule has 5 heteroatoms. The second-order valence-corrected chi connectivity index (χ2v) is 8.03. The number of carbonyl (C=O) groups is 2. The van der Waals surface area contributed by atoms with Crippen LogP contribution in [0.15, 0.2) is 48.5 Å². The molecular formula is C24H27FN2O2. The number of hydrogen-bond acceptors (Lipinski definition) is 2. The predicted molar refractivity (Wildman–Crippen MR) is 111 cm³/mol. The molecule has 0 aromatic heterocycles. The molecule has 1 saturated carbocycles. The van der Waals surface area contributed by atoms with Crippen molar-refractivity contribution in [1.82, 2.24) is 5.32 Å². The second-order valence-electron chi connectivity index (χ2n) is 8.03. The number of rotatable bonds is 5. The lowest BCUT2D eigenvalue weighted by molar-refractivity contribution is -0.135. The van der Waals surface area contributed by atoms with Crippen LogP contribution in [0.3, 0.4) is 0 Å². The van der Waals surface area contributed by atoms with Gasteiger partial charge in [-0.2, -0.15) is 0 Å². The lowest BCUT2D eigenvalue weighted by Crippen LogP contribution is -2.45. The number of anilines is 1. The summed E-state index contributed by atoms with van der Waals surface area (Å²) in [6.45, 7) is 1.20. The first-order valence-electron chi connectivity index (χ1n) is 10.5. The van der Waals surface area contributed by atoms with E-state index < -0.39 is 0 Å². The van der Waals surface area contributed by atoms with Crippen LogP contribution in [0.25, 0.3) is 0 Å². The highest BCUT2D eigenvalue weighted by Crippen LogP contribution is 2.35. The first-order valence-corrected chi connectivity index (χ1v) is 10.5. The van der Waals surface area contributed by atoms with E-state index in [1.54, 1.807) is 12.1 Å². The Morgan fingerprint density at radius 1 is 1.00 bits per heavy atom. The molecule has 2 aromatic carbocycles. The van der Waals surface area contributed by atoms with Gasteiger partial charge in [0.1, 0.15) is 5.82 Å². The van der Waals surface area contributed by atoms with Crippen molar-refractivity contribution in [2.45, 2.75) is 38.5 Å². The summed E-state index contributed by atoms with van der Waals surface area (Å²) in [6.07, 6.45) is 5.03. The van der Waals surface area contributed by atoms with Crippen LogP contribution >= 0.6 is 0 Å². The summed E-state index contributed by atoms with van der Waals surface area (Å²) >= 11 is 0. The maximum atomic E-state index is 13.3. The van der Waals surface area contributed by atoms with E-state index >= 15 is 0 Å². The van der Waals surface area contributed by atoms with Crippen molar-refractivity contribution in [2.24, 2.45) is 11.8 Å². The first-order chi connectivity index (χ1) is 14.1. The van der Waals surface area contributed by atoms with Crippen molar-refractivity contribution in [3.8, 4) is 0 Å². The van der Waals surface area contributed by atoms with Gasteiger partial charge >= 0.3 is 0 Å². The molecule has 4 rings (SSSR count).